The number of hydrogen-bond acceptors (Lipinski definition) is 3. The highest BCUT2D eigenvalue weighted by Gasteiger charge is 2.14. The molecule has 0 atom stereocenters. The van der Waals surface area contributed by atoms with Crippen molar-refractivity contribution < 1.29 is 9.21 Å². The largest absolute Gasteiger partial charge is 0.436 e. The molecular formula is C23H18Cl2N2O2. The molecule has 0 bridgehead atoms. The maximum absolute atomic E-state index is 12.5. The minimum atomic E-state index is -0.300. The number of hydrogen-bond donors (Lipinski definition) is 1. The Bertz CT molecular complexity index is 1210. The highest BCUT2D eigenvalue weighted by atomic mass is 35.5. The van der Waals surface area contributed by atoms with Crippen molar-refractivity contribution >= 4 is 45.9 Å². The van der Waals surface area contributed by atoms with Crippen molar-refractivity contribution in [3.8, 4) is 11.5 Å². The molecule has 0 saturated heterocycles. The zero-order chi connectivity index (χ0) is 20.5. The molecule has 3 aromatic carbocycles. The average molecular weight is 425 g/mol. The van der Waals surface area contributed by atoms with Gasteiger partial charge in [-0.2, -0.15) is 0 Å². The highest BCUT2D eigenvalue weighted by Crippen LogP contribution is 2.31. The maximum Gasteiger partial charge on any atom is 0.255 e. The van der Waals surface area contributed by atoms with Gasteiger partial charge in [-0.1, -0.05) is 49.2 Å². The van der Waals surface area contributed by atoms with Gasteiger partial charge < -0.3 is 9.73 Å². The fourth-order valence-electron chi connectivity index (χ4n) is 3.01. The summed E-state index contributed by atoms with van der Waals surface area (Å²) in [4.78, 5) is 17.1. The lowest BCUT2D eigenvalue weighted by molar-refractivity contribution is 0.102. The molecule has 1 heterocycles. The number of anilines is 1. The number of carbonyl (C=O) groups is 1. The van der Waals surface area contributed by atoms with Crippen molar-refractivity contribution in [3.63, 3.8) is 0 Å². The zero-order valence-electron chi connectivity index (χ0n) is 15.9. The van der Waals surface area contributed by atoms with Crippen LogP contribution in [0.5, 0.6) is 0 Å². The summed E-state index contributed by atoms with van der Waals surface area (Å²) >= 11 is 12.3. The molecule has 0 fully saturated rings. The van der Waals surface area contributed by atoms with Crippen molar-refractivity contribution in [3.05, 3.63) is 81.8 Å². The molecule has 0 unspecified atom stereocenters. The SMILES string of the molecule is CC(C)c1ccc2oc(-c3ccc(Cl)c(NC(=O)c4cccc(Cl)c4)c3)nc2c1. The molecule has 4 rings (SSSR count). The fraction of sp³-hybridized carbons (Fsp3) is 0.130. The number of aromatic nitrogens is 1. The number of carbonyl (C=O) groups excluding carboxylic acids is 1. The first-order valence-electron chi connectivity index (χ1n) is 9.18. The number of nitrogens with zero attached hydrogens (tertiary/aromatic N) is 1. The molecule has 0 aliphatic heterocycles. The van der Waals surface area contributed by atoms with E-state index in [0.717, 1.165) is 11.1 Å². The van der Waals surface area contributed by atoms with E-state index in [1.54, 1.807) is 36.4 Å². The van der Waals surface area contributed by atoms with Crippen LogP contribution in [0.4, 0.5) is 5.69 Å². The lowest BCUT2D eigenvalue weighted by atomic mass is 10.0. The van der Waals surface area contributed by atoms with E-state index < -0.39 is 0 Å². The summed E-state index contributed by atoms with van der Waals surface area (Å²) in [6, 6.07) is 18.0. The van der Waals surface area contributed by atoms with Crippen LogP contribution in [0, 0.1) is 0 Å². The first-order valence-corrected chi connectivity index (χ1v) is 9.93. The van der Waals surface area contributed by atoms with Gasteiger partial charge in [-0.3, -0.25) is 4.79 Å². The van der Waals surface area contributed by atoms with E-state index in [0.29, 0.717) is 38.7 Å². The Morgan fingerprint density at radius 2 is 1.86 bits per heavy atom. The minimum Gasteiger partial charge on any atom is -0.436 e. The molecule has 0 radical (unpaired) electrons. The summed E-state index contributed by atoms with van der Waals surface area (Å²) in [6.45, 7) is 4.27. The van der Waals surface area contributed by atoms with Crippen molar-refractivity contribution in [1.29, 1.82) is 0 Å². The van der Waals surface area contributed by atoms with E-state index in [4.69, 9.17) is 27.6 Å². The van der Waals surface area contributed by atoms with Gasteiger partial charge in [-0.15, -0.1) is 0 Å². The summed E-state index contributed by atoms with van der Waals surface area (Å²) < 4.78 is 5.90. The molecule has 0 saturated carbocycles. The molecule has 1 aromatic heterocycles. The monoisotopic (exact) mass is 424 g/mol. The smallest absolute Gasteiger partial charge is 0.255 e. The summed E-state index contributed by atoms with van der Waals surface area (Å²) in [5, 5.41) is 3.73. The molecule has 146 valence electrons. The zero-order valence-corrected chi connectivity index (χ0v) is 17.4. The molecule has 0 aliphatic rings. The van der Waals surface area contributed by atoms with Crippen LogP contribution < -0.4 is 5.32 Å². The van der Waals surface area contributed by atoms with E-state index in [2.05, 4.69) is 24.1 Å². The van der Waals surface area contributed by atoms with Gasteiger partial charge in [-0.05, 0) is 60.0 Å². The Hall–Kier alpha value is -2.82. The van der Waals surface area contributed by atoms with Gasteiger partial charge in [0.05, 0.1) is 10.7 Å². The highest BCUT2D eigenvalue weighted by molar-refractivity contribution is 6.34. The van der Waals surface area contributed by atoms with Crippen molar-refractivity contribution in [2.24, 2.45) is 0 Å². The molecule has 4 aromatic rings. The van der Waals surface area contributed by atoms with E-state index in [1.165, 1.54) is 5.56 Å². The summed E-state index contributed by atoms with van der Waals surface area (Å²) in [5.74, 6) is 0.574. The molecule has 6 heteroatoms. The molecule has 0 spiro atoms. The van der Waals surface area contributed by atoms with Crippen LogP contribution in [0.15, 0.2) is 65.1 Å². The van der Waals surface area contributed by atoms with Gasteiger partial charge >= 0.3 is 0 Å². The summed E-state index contributed by atoms with van der Waals surface area (Å²) in [7, 11) is 0. The summed E-state index contributed by atoms with van der Waals surface area (Å²) in [5.41, 5.74) is 4.34. The fourth-order valence-corrected chi connectivity index (χ4v) is 3.36. The quantitative estimate of drug-likeness (QED) is 0.377. The Morgan fingerprint density at radius 3 is 2.62 bits per heavy atom. The first kappa shape index (κ1) is 19.5. The molecule has 1 N–H and O–H groups in total. The number of benzene rings is 3. The standard InChI is InChI=1S/C23H18Cl2N2O2/c1-13(2)14-7-9-21-20(11-14)27-23(29-21)16-6-8-18(25)19(12-16)26-22(28)15-4-3-5-17(24)10-15/h3-13H,1-2H3,(H,26,28). The number of rotatable bonds is 4. The van der Waals surface area contributed by atoms with Gasteiger partial charge in [0, 0.05) is 16.1 Å². The predicted molar refractivity (Wildman–Crippen MR) is 118 cm³/mol. The van der Waals surface area contributed by atoms with Gasteiger partial charge in [0.2, 0.25) is 5.89 Å². The maximum atomic E-state index is 12.5. The van der Waals surface area contributed by atoms with Crippen LogP contribution >= 0.6 is 23.2 Å². The van der Waals surface area contributed by atoms with Gasteiger partial charge in [0.15, 0.2) is 5.58 Å². The topological polar surface area (TPSA) is 55.1 Å². The molecule has 29 heavy (non-hydrogen) atoms. The third kappa shape index (κ3) is 4.14. The average Bonchev–Trinajstić information content (AvgIpc) is 3.12. The van der Waals surface area contributed by atoms with E-state index >= 15 is 0 Å². The third-order valence-corrected chi connectivity index (χ3v) is 5.19. The van der Waals surface area contributed by atoms with Crippen LogP contribution in [0.25, 0.3) is 22.6 Å². The molecule has 4 nitrogen and oxygen atoms in total. The van der Waals surface area contributed by atoms with Crippen LogP contribution in [-0.4, -0.2) is 10.9 Å². The van der Waals surface area contributed by atoms with Crippen molar-refractivity contribution in [1.82, 2.24) is 4.98 Å². The Morgan fingerprint density at radius 1 is 1.03 bits per heavy atom. The normalized spacial score (nSPS) is 11.2. The Balaban J connectivity index is 1.66. The predicted octanol–water partition coefficient (Wildman–Crippen LogP) is 7.18. The van der Waals surface area contributed by atoms with Crippen LogP contribution in [0.3, 0.4) is 0 Å². The van der Waals surface area contributed by atoms with E-state index in [9.17, 15) is 4.79 Å². The van der Waals surface area contributed by atoms with Crippen molar-refractivity contribution in [2.45, 2.75) is 19.8 Å². The van der Waals surface area contributed by atoms with Gasteiger partial charge in [-0.25, -0.2) is 4.98 Å². The third-order valence-electron chi connectivity index (χ3n) is 4.63. The van der Waals surface area contributed by atoms with Crippen LogP contribution in [0.2, 0.25) is 10.0 Å². The second-order valence-corrected chi connectivity index (χ2v) is 7.90. The van der Waals surface area contributed by atoms with Gasteiger partial charge in [0.25, 0.3) is 5.91 Å². The summed E-state index contributed by atoms with van der Waals surface area (Å²) in [6.07, 6.45) is 0. The Labute approximate surface area is 178 Å². The number of oxazole rings is 1. The second kappa shape index (κ2) is 7.90. The second-order valence-electron chi connectivity index (χ2n) is 7.06. The van der Waals surface area contributed by atoms with Gasteiger partial charge in [0.1, 0.15) is 5.52 Å². The molecule has 1 amide bonds. The number of nitrogens with one attached hydrogen (secondary N) is 1. The number of amides is 1. The minimum absolute atomic E-state index is 0.300. The molecule has 0 aliphatic carbocycles. The van der Waals surface area contributed by atoms with Crippen molar-refractivity contribution in [2.75, 3.05) is 5.32 Å². The van der Waals surface area contributed by atoms with E-state index in [-0.39, 0.29) is 5.91 Å². The number of halogens is 2. The number of fused-ring (bicyclic) bond motifs is 1. The first-order chi connectivity index (χ1) is 13.9. The van der Waals surface area contributed by atoms with Crippen LogP contribution in [0.1, 0.15) is 35.7 Å². The Kier molecular flexibility index (Phi) is 5.31. The lowest BCUT2D eigenvalue weighted by Gasteiger charge is -2.09. The molecular weight excluding hydrogens is 407 g/mol. The lowest BCUT2D eigenvalue weighted by Crippen LogP contribution is -2.12. The van der Waals surface area contributed by atoms with E-state index in [1.807, 2.05) is 24.3 Å². The van der Waals surface area contributed by atoms with Crippen LogP contribution in [-0.2, 0) is 0 Å².